The summed E-state index contributed by atoms with van der Waals surface area (Å²) < 4.78 is 19.5. The molecule has 0 aliphatic carbocycles. The lowest BCUT2D eigenvalue weighted by Gasteiger charge is -2.13. The van der Waals surface area contributed by atoms with Gasteiger partial charge in [0.15, 0.2) is 0 Å². The Morgan fingerprint density at radius 3 is 2.95 bits per heavy atom. The van der Waals surface area contributed by atoms with Crippen LogP contribution in [0.5, 0.6) is 5.75 Å². The van der Waals surface area contributed by atoms with E-state index in [0.717, 1.165) is 24.3 Å². The molecule has 0 spiro atoms. The molecule has 0 aromatic heterocycles. The molecule has 0 radical (unpaired) electrons. The van der Waals surface area contributed by atoms with Gasteiger partial charge in [0.1, 0.15) is 11.6 Å². The highest BCUT2D eigenvalue weighted by molar-refractivity contribution is 9.09. The van der Waals surface area contributed by atoms with Gasteiger partial charge in [0.2, 0.25) is 0 Å². The molecule has 98 valence electrons. The van der Waals surface area contributed by atoms with Gasteiger partial charge in [-0.3, -0.25) is 0 Å². The molecule has 0 N–H and O–H groups in total. The molecule has 1 aliphatic heterocycles. The van der Waals surface area contributed by atoms with Crippen LogP contribution >= 0.6 is 27.5 Å². The highest BCUT2D eigenvalue weighted by Crippen LogP contribution is 2.37. The number of alkyl halides is 1. The van der Waals surface area contributed by atoms with Crippen molar-refractivity contribution in [3.63, 3.8) is 0 Å². The maximum absolute atomic E-state index is 14.0. The second kappa shape index (κ2) is 5.14. The van der Waals surface area contributed by atoms with Crippen LogP contribution in [0.4, 0.5) is 4.39 Å². The predicted molar refractivity (Wildman–Crippen MR) is 77.8 cm³/mol. The SMILES string of the molecule is Fc1c(Cl)cccc1C(Br)c1ccc2c(c1)CCO2. The van der Waals surface area contributed by atoms with Crippen LogP contribution in [0, 0.1) is 5.82 Å². The average Bonchev–Trinajstić information content (AvgIpc) is 2.88. The Morgan fingerprint density at radius 2 is 2.11 bits per heavy atom. The third kappa shape index (κ3) is 2.37. The Morgan fingerprint density at radius 1 is 1.26 bits per heavy atom. The Hall–Kier alpha value is -1.06. The molecule has 1 atom stereocenters. The lowest BCUT2D eigenvalue weighted by atomic mass is 10.0. The van der Waals surface area contributed by atoms with Gasteiger partial charge in [-0.15, -0.1) is 0 Å². The number of fused-ring (bicyclic) bond motifs is 1. The minimum Gasteiger partial charge on any atom is -0.493 e. The van der Waals surface area contributed by atoms with Gasteiger partial charge >= 0.3 is 0 Å². The fourth-order valence-corrected chi connectivity index (χ4v) is 3.08. The van der Waals surface area contributed by atoms with E-state index < -0.39 is 0 Å². The second-order valence-electron chi connectivity index (χ2n) is 4.47. The van der Waals surface area contributed by atoms with Crippen LogP contribution in [0.15, 0.2) is 36.4 Å². The van der Waals surface area contributed by atoms with E-state index in [9.17, 15) is 4.39 Å². The van der Waals surface area contributed by atoms with Gasteiger partial charge in [0, 0.05) is 12.0 Å². The molecule has 0 saturated carbocycles. The van der Waals surface area contributed by atoms with Crippen molar-refractivity contribution in [3.8, 4) is 5.75 Å². The van der Waals surface area contributed by atoms with E-state index in [-0.39, 0.29) is 15.7 Å². The Labute approximate surface area is 124 Å². The van der Waals surface area contributed by atoms with Crippen molar-refractivity contribution in [2.24, 2.45) is 0 Å². The fourth-order valence-electron chi connectivity index (χ4n) is 2.26. The third-order valence-electron chi connectivity index (χ3n) is 3.26. The summed E-state index contributed by atoms with van der Waals surface area (Å²) >= 11 is 9.37. The smallest absolute Gasteiger partial charge is 0.146 e. The summed E-state index contributed by atoms with van der Waals surface area (Å²) in [5.74, 6) is 0.554. The van der Waals surface area contributed by atoms with Crippen molar-refractivity contribution in [2.45, 2.75) is 11.2 Å². The quantitative estimate of drug-likeness (QED) is 0.706. The molecule has 19 heavy (non-hydrogen) atoms. The van der Waals surface area contributed by atoms with Crippen molar-refractivity contribution in [2.75, 3.05) is 6.61 Å². The molecule has 0 saturated heterocycles. The van der Waals surface area contributed by atoms with Crippen LogP contribution in [-0.4, -0.2) is 6.61 Å². The van der Waals surface area contributed by atoms with Gasteiger partial charge in [-0.1, -0.05) is 51.8 Å². The standard InChI is InChI=1S/C15H11BrClFO/c16-14(11-2-1-3-12(17)15(11)18)10-4-5-13-9(8-10)6-7-19-13/h1-5,8,14H,6-7H2. The zero-order valence-electron chi connectivity index (χ0n) is 10.00. The Balaban J connectivity index is 2.00. The normalized spacial score (nSPS) is 14.9. The first-order valence-corrected chi connectivity index (χ1v) is 7.30. The largest absolute Gasteiger partial charge is 0.493 e. The van der Waals surface area contributed by atoms with E-state index in [1.807, 2.05) is 12.1 Å². The molecular formula is C15H11BrClFO. The third-order valence-corrected chi connectivity index (χ3v) is 4.57. The van der Waals surface area contributed by atoms with E-state index >= 15 is 0 Å². The van der Waals surface area contributed by atoms with Crippen LogP contribution < -0.4 is 4.74 Å². The molecule has 2 aromatic carbocycles. The number of hydrogen-bond acceptors (Lipinski definition) is 1. The van der Waals surface area contributed by atoms with Crippen LogP contribution in [-0.2, 0) is 6.42 Å². The fraction of sp³-hybridized carbons (Fsp3) is 0.200. The van der Waals surface area contributed by atoms with Gasteiger partial charge in [-0.05, 0) is 23.3 Å². The number of benzene rings is 2. The lowest BCUT2D eigenvalue weighted by molar-refractivity contribution is 0.357. The Kier molecular flexibility index (Phi) is 3.50. The maximum Gasteiger partial charge on any atom is 0.146 e. The van der Waals surface area contributed by atoms with Gasteiger partial charge in [0.05, 0.1) is 16.5 Å². The first-order valence-electron chi connectivity index (χ1n) is 6.00. The molecule has 0 fully saturated rings. The molecule has 0 bridgehead atoms. The molecule has 0 amide bonds. The molecule has 1 heterocycles. The summed E-state index contributed by atoms with van der Waals surface area (Å²) in [4.78, 5) is -0.211. The monoisotopic (exact) mass is 340 g/mol. The Bertz CT molecular complexity index is 630. The van der Waals surface area contributed by atoms with Crippen molar-refractivity contribution in [1.29, 1.82) is 0 Å². The summed E-state index contributed by atoms with van der Waals surface area (Å²) in [5.41, 5.74) is 2.72. The topological polar surface area (TPSA) is 9.23 Å². The summed E-state index contributed by atoms with van der Waals surface area (Å²) in [6.07, 6.45) is 0.904. The molecule has 4 heteroatoms. The van der Waals surface area contributed by atoms with Gasteiger partial charge in [0.25, 0.3) is 0 Å². The van der Waals surface area contributed by atoms with Crippen LogP contribution in [0.1, 0.15) is 21.5 Å². The van der Waals surface area contributed by atoms with Gasteiger partial charge in [-0.2, -0.15) is 0 Å². The summed E-state index contributed by atoms with van der Waals surface area (Å²) in [6.45, 7) is 0.720. The summed E-state index contributed by atoms with van der Waals surface area (Å²) in [7, 11) is 0. The lowest BCUT2D eigenvalue weighted by Crippen LogP contribution is -1.97. The molecule has 1 unspecified atom stereocenters. The number of halogens is 3. The van der Waals surface area contributed by atoms with Crippen molar-refractivity contribution < 1.29 is 9.13 Å². The van der Waals surface area contributed by atoms with E-state index in [4.69, 9.17) is 16.3 Å². The van der Waals surface area contributed by atoms with Crippen molar-refractivity contribution in [3.05, 3.63) is 63.9 Å². The number of ether oxygens (including phenoxy) is 1. The predicted octanol–water partition coefficient (Wildman–Crippen LogP) is 4.90. The highest BCUT2D eigenvalue weighted by Gasteiger charge is 2.19. The summed E-state index contributed by atoms with van der Waals surface area (Å²) in [5, 5.41) is 0.145. The zero-order chi connectivity index (χ0) is 13.4. The first kappa shape index (κ1) is 12.9. The average molecular weight is 342 g/mol. The zero-order valence-corrected chi connectivity index (χ0v) is 12.3. The molecule has 1 nitrogen and oxygen atoms in total. The van der Waals surface area contributed by atoms with Crippen LogP contribution in [0.2, 0.25) is 5.02 Å². The molecule has 2 aromatic rings. The summed E-state index contributed by atoms with van der Waals surface area (Å²) in [6, 6.07) is 11.0. The van der Waals surface area contributed by atoms with Crippen LogP contribution in [0.3, 0.4) is 0 Å². The first-order chi connectivity index (χ1) is 9.16. The number of hydrogen-bond donors (Lipinski definition) is 0. The number of rotatable bonds is 2. The highest BCUT2D eigenvalue weighted by atomic mass is 79.9. The molecule has 3 rings (SSSR count). The second-order valence-corrected chi connectivity index (χ2v) is 5.79. The van der Waals surface area contributed by atoms with Gasteiger partial charge < -0.3 is 4.74 Å². The molecule has 1 aliphatic rings. The van der Waals surface area contributed by atoms with E-state index in [2.05, 4.69) is 22.0 Å². The van der Waals surface area contributed by atoms with Crippen LogP contribution in [0.25, 0.3) is 0 Å². The van der Waals surface area contributed by atoms with Crippen molar-refractivity contribution in [1.82, 2.24) is 0 Å². The maximum atomic E-state index is 14.0. The van der Waals surface area contributed by atoms with Crippen molar-refractivity contribution >= 4 is 27.5 Å². The van der Waals surface area contributed by atoms with E-state index in [1.54, 1.807) is 18.2 Å². The molecular weight excluding hydrogens is 331 g/mol. The van der Waals surface area contributed by atoms with E-state index in [1.165, 1.54) is 5.56 Å². The van der Waals surface area contributed by atoms with Gasteiger partial charge in [-0.25, -0.2) is 4.39 Å². The minimum absolute atomic E-state index is 0.145. The van der Waals surface area contributed by atoms with E-state index in [0.29, 0.717) is 5.56 Å². The minimum atomic E-state index is -0.372.